The van der Waals surface area contributed by atoms with Crippen molar-refractivity contribution >= 4 is 34.9 Å². The minimum Gasteiger partial charge on any atom is -0.493 e. The molecule has 1 aliphatic rings. The number of aromatic nitrogens is 2. The molecule has 5 rings (SSSR count). The van der Waals surface area contributed by atoms with Crippen LogP contribution >= 0.6 is 0 Å². The van der Waals surface area contributed by atoms with E-state index in [1.54, 1.807) is 45.7 Å². The molecule has 0 unspecified atom stereocenters. The zero-order valence-corrected chi connectivity index (χ0v) is 32.7. The number of ether oxygens (including phenoxy) is 5. The van der Waals surface area contributed by atoms with Gasteiger partial charge in [-0.05, 0) is 62.6 Å². The second-order valence-electron chi connectivity index (χ2n) is 13.3. The number of carbonyl (C=O) groups excluding carboxylic acids is 2. The maximum Gasteiger partial charge on any atom is 0.425 e. The van der Waals surface area contributed by atoms with Gasteiger partial charge in [0, 0.05) is 76.8 Å². The lowest BCUT2D eigenvalue weighted by Crippen LogP contribution is -2.44. The minimum absolute atomic E-state index is 0.131. The number of amides is 2. The van der Waals surface area contributed by atoms with Crippen LogP contribution in [0.4, 0.5) is 27.7 Å². The Hall–Kier alpha value is -5.44. The second-order valence-corrected chi connectivity index (χ2v) is 13.3. The first-order valence-electron chi connectivity index (χ1n) is 18.5. The van der Waals surface area contributed by atoms with E-state index in [0.29, 0.717) is 72.1 Å². The van der Waals surface area contributed by atoms with Gasteiger partial charge in [-0.15, -0.1) is 0 Å². The summed E-state index contributed by atoms with van der Waals surface area (Å²) in [5.74, 6) is 2.05. The highest BCUT2D eigenvalue weighted by atomic mass is 16.6. The molecule has 1 fully saturated rings. The Kier molecular flexibility index (Phi) is 15.0. The van der Waals surface area contributed by atoms with Gasteiger partial charge in [0.05, 0.1) is 38.8 Å². The van der Waals surface area contributed by atoms with Crippen LogP contribution in [0.1, 0.15) is 29.5 Å². The first kappa shape index (κ1) is 40.7. The topological polar surface area (TPSA) is 140 Å². The molecular weight excluding hydrogens is 702 g/mol. The van der Waals surface area contributed by atoms with E-state index >= 15 is 0 Å². The van der Waals surface area contributed by atoms with Gasteiger partial charge in [-0.1, -0.05) is 30.3 Å². The van der Waals surface area contributed by atoms with Crippen molar-refractivity contribution in [2.45, 2.75) is 33.1 Å². The standard InChI is InChI=1S/C41H53N7O7/c1-29-10-7-11-30(2)39(29)55-41(50)48(36-16-17-42-28-44-36)33-13-8-12-31(14-15-37(49)43-18-25-51-4)38(33)45-32-26-34(52-5)40(53-6)35(27-32)54-24-9-19-47-22-20-46(3)21-23-47/h7-8,10-13,16-17,26-28,45H,9,14-15,18-25H2,1-6H3,(H,43,49). The number of nitrogens with one attached hydrogen (secondary N) is 2. The SMILES string of the molecule is COCCNC(=O)CCc1cccc(N(C(=O)Oc2c(C)cccc2C)c2ccncn2)c1Nc1cc(OC)c(OC)c(OCCCN2CCN(C)CC2)c1. The van der Waals surface area contributed by atoms with Crippen molar-refractivity contribution in [2.24, 2.45) is 0 Å². The van der Waals surface area contributed by atoms with Crippen LogP contribution in [0.5, 0.6) is 23.0 Å². The van der Waals surface area contributed by atoms with E-state index in [4.69, 9.17) is 23.7 Å². The first-order valence-corrected chi connectivity index (χ1v) is 18.5. The zero-order valence-electron chi connectivity index (χ0n) is 32.7. The van der Waals surface area contributed by atoms with Gasteiger partial charge in [0.2, 0.25) is 11.7 Å². The Balaban J connectivity index is 1.52. The van der Waals surface area contributed by atoms with E-state index in [9.17, 15) is 9.59 Å². The Morgan fingerprint density at radius 1 is 0.891 bits per heavy atom. The number of piperazine rings is 1. The van der Waals surface area contributed by atoms with Crippen molar-refractivity contribution in [3.8, 4) is 23.0 Å². The van der Waals surface area contributed by atoms with Gasteiger partial charge in [-0.3, -0.25) is 4.79 Å². The Morgan fingerprint density at radius 2 is 1.64 bits per heavy atom. The molecule has 1 saturated heterocycles. The molecule has 1 aromatic heterocycles. The zero-order chi connectivity index (χ0) is 39.2. The number of nitrogens with zero attached hydrogens (tertiary/aromatic N) is 5. The molecule has 0 aliphatic carbocycles. The van der Waals surface area contributed by atoms with Gasteiger partial charge >= 0.3 is 6.09 Å². The van der Waals surface area contributed by atoms with Crippen molar-refractivity contribution in [2.75, 3.05) is 91.1 Å². The van der Waals surface area contributed by atoms with E-state index in [1.165, 1.54) is 11.2 Å². The van der Waals surface area contributed by atoms with Crippen molar-refractivity contribution in [3.05, 3.63) is 83.8 Å². The molecule has 0 saturated carbocycles. The Labute approximate surface area is 323 Å². The Bertz CT molecular complexity index is 1850. The van der Waals surface area contributed by atoms with E-state index in [0.717, 1.165) is 55.8 Å². The average Bonchev–Trinajstić information content (AvgIpc) is 3.19. The van der Waals surface area contributed by atoms with Crippen molar-refractivity contribution in [1.29, 1.82) is 0 Å². The smallest absolute Gasteiger partial charge is 0.425 e. The molecule has 2 heterocycles. The fourth-order valence-electron chi connectivity index (χ4n) is 6.37. The van der Waals surface area contributed by atoms with Gasteiger partial charge in [0.25, 0.3) is 0 Å². The summed E-state index contributed by atoms with van der Waals surface area (Å²) in [7, 11) is 6.88. The highest BCUT2D eigenvalue weighted by Gasteiger charge is 2.27. The minimum atomic E-state index is -0.676. The largest absolute Gasteiger partial charge is 0.493 e. The molecule has 0 radical (unpaired) electrons. The molecule has 14 heteroatoms. The number of anilines is 4. The number of para-hydroxylation sites is 2. The van der Waals surface area contributed by atoms with Crippen LogP contribution < -0.4 is 34.5 Å². The fraction of sp³-hybridized carbons (Fsp3) is 0.415. The number of hydrogen-bond donors (Lipinski definition) is 2. The van der Waals surface area contributed by atoms with Crippen molar-refractivity contribution in [3.63, 3.8) is 0 Å². The maximum atomic E-state index is 14.3. The van der Waals surface area contributed by atoms with E-state index in [-0.39, 0.29) is 12.3 Å². The summed E-state index contributed by atoms with van der Waals surface area (Å²) in [5, 5.41) is 6.44. The molecule has 2 N–H and O–H groups in total. The third-order valence-corrected chi connectivity index (χ3v) is 9.38. The summed E-state index contributed by atoms with van der Waals surface area (Å²) in [6, 6.07) is 16.5. The highest BCUT2D eigenvalue weighted by Crippen LogP contribution is 2.43. The van der Waals surface area contributed by atoms with Crippen LogP contribution in [0, 0.1) is 13.8 Å². The fourth-order valence-corrected chi connectivity index (χ4v) is 6.37. The predicted molar refractivity (Wildman–Crippen MR) is 213 cm³/mol. The lowest BCUT2D eigenvalue weighted by Gasteiger charge is -2.32. The molecule has 55 heavy (non-hydrogen) atoms. The Morgan fingerprint density at radius 3 is 2.33 bits per heavy atom. The molecule has 0 bridgehead atoms. The molecule has 3 aromatic carbocycles. The summed E-state index contributed by atoms with van der Waals surface area (Å²) in [6.07, 6.45) is 3.63. The number of hydrogen-bond acceptors (Lipinski definition) is 12. The van der Waals surface area contributed by atoms with Gasteiger partial charge in [-0.25, -0.2) is 19.7 Å². The molecule has 2 amide bonds. The third kappa shape index (κ3) is 11.1. The summed E-state index contributed by atoms with van der Waals surface area (Å²) in [6.45, 7) is 10.2. The molecule has 294 valence electrons. The second kappa shape index (κ2) is 20.3. The number of methoxy groups -OCH3 is 3. The molecular formula is C41H53N7O7. The van der Waals surface area contributed by atoms with Crippen LogP contribution in [-0.2, 0) is 16.0 Å². The van der Waals surface area contributed by atoms with Crippen LogP contribution in [0.2, 0.25) is 0 Å². The summed E-state index contributed by atoms with van der Waals surface area (Å²) in [5.41, 5.74) is 3.99. The van der Waals surface area contributed by atoms with Gasteiger partial charge in [0.15, 0.2) is 11.5 Å². The van der Waals surface area contributed by atoms with Gasteiger partial charge in [-0.2, -0.15) is 0 Å². The number of aryl methyl sites for hydroxylation is 3. The van der Waals surface area contributed by atoms with Crippen LogP contribution in [0.25, 0.3) is 0 Å². The van der Waals surface area contributed by atoms with Gasteiger partial charge < -0.3 is 44.1 Å². The molecule has 0 spiro atoms. The van der Waals surface area contributed by atoms with E-state index in [2.05, 4.69) is 37.4 Å². The monoisotopic (exact) mass is 755 g/mol. The third-order valence-electron chi connectivity index (χ3n) is 9.38. The van der Waals surface area contributed by atoms with E-state index in [1.807, 2.05) is 50.2 Å². The molecule has 0 atom stereocenters. The summed E-state index contributed by atoms with van der Waals surface area (Å²) < 4.78 is 29.1. The number of carbonyl (C=O) groups is 2. The van der Waals surface area contributed by atoms with E-state index < -0.39 is 6.09 Å². The average molecular weight is 756 g/mol. The lowest BCUT2D eigenvalue weighted by molar-refractivity contribution is -0.121. The number of rotatable bonds is 18. The van der Waals surface area contributed by atoms with Crippen LogP contribution in [-0.4, -0.2) is 113 Å². The molecule has 14 nitrogen and oxygen atoms in total. The van der Waals surface area contributed by atoms with Crippen LogP contribution in [0.15, 0.2) is 67.1 Å². The number of benzene rings is 3. The normalized spacial score (nSPS) is 13.2. The molecule has 1 aliphatic heterocycles. The first-order chi connectivity index (χ1) is 26.7. The lowest BCUT2D eigenvalue weighted by atomic mass is 10.0. The molecule has 4 aromatic rings. The number of likely N-dealkylation sites (N-methyl/N-ethyl adjacent to an activating group) is 1. The summed E-state index contributed by atoms with van der Waals surface area (Å²) >= 11 is 0. The van der Waals surface area contributed by atoms with Crippen LogP contribution in [0.3, 0.4) is 0 Å². The maximum absolute atomic E-state index is 14.3. The van der Waals surface area contributed by atoms with Gasteiger partial charge in [0.1, 0.15) is 17.9 Å². The quantitative estimate of drug-likeness (QED) is 0.117. The summed E-state index contributed by atoms with van der Waals surface area (Å²) in [4.78, 5) is 41.9. The highest BCUT2D eigenvalue weighted by molar-refractivity contribution is 6.01. The van der Waals surface area contributed by atoms with Crippen molar-refractivity contribution < 1.29 is 33.3 Å². The van der Waals surface area contributed by atoms with Crippen molar-refractivity contribution in [1.82, 2.24) is 25.1 Å². The predicted octanol–water partition coefficient (Wildman–Crippen LogP) is 5.90.